The molecule has 0 spiro atoms. The summed E-state index contributed by atoms with van der Waals surface area (Å²) in [6, 6.07) is 23.8. The van der Waals surface area contributed by atoms with Gasteiger partial charge in [0.1, 0.15) is 83.0 Å². The molecule has 13 rings (SSSR count). The molecule has 0 radical (unpaired) electrons. The van der Waals surface area contributed by atoms with Gasteiger partial charge in [0.2, 0.25) is 0 Å². The Balaban J connectivity index is 0.000000194. The number of fused-ring (bicyclic) bond motifs is 4. The molecule has 1 aromatic heterocycles. The first-order valence-electron chi connectivity index (χ1n) is 45.0. The maximum atomic E-state index is 15.5. The molecule has 0 amide bonds. The summed E-state index contributed by atoms with van der Waals surface area (Å²) in [7, 11) is -3.95. The molecule has 4 aliphatic heterocycles. The summed E-state index contributed by atoms with van der Waals surface area (Å²) < 4.78 is 267. The number of oxazole rings is 1. The van der Waals surface area contributed by atoms with Gasteiger partial charge in [0, 0.05) is 121 Å². The van der Waals surface area contributed by atoms with Gasteiger partial charge in [-0.1, -0.05) is 61.8 Å². The van der Waals surface area contributed by atoms with Gasteiger partial charge >= 0.3 is 39.5 Å². The Labute approximate surface area is 812 Å². The lowest BCUT2D eigenvalue weighted by Crippen LogP contribution is -2.48. The molecular weight excluding hydrogens is 1890 g/mol. The van der Waals surface area contributed by atoms with Crippen molar-refractivity contribution in [1.82, 2.24) is 24.6 Å². The number of carboxylic acid groups (broad SMARTS) is 1. The Morgan fingerprint density at radius 3 is 1.03 bits per heavy atom. The van der Waals surface area contributed by atoms with Crippen LogP contribution in [0.25, 0.3) is 35.6 Å². The SMILES string of the molecule is C#Cc1ccc2c(c1)CC(C)N(CC(C)(C)F)C2c1c(F)cc(/C=C/C(=O)OC)cc1F.COC(=O)/C=C/c1cc(F)c(C2c3ccc(C#C[Si](C)(C)C)cc3CC(C)N2CC(C)(C)F)c(F)c1.COC(=O)/C=C/c1cc(F)c(C2c3ccc(OS(=O)(=O)C(F)(F)F)cc3CC(C)N2CC(C)(C)F)c(F)c1.Cc1ncc(-c2ccc3c(c2)CC(C)N(CC(C)(C)F)C3c2c(F)cc(/C=C/C(=O)O)cc2F)o1. The van der Waals surface area contributed by atoms with E-state index in [-0.39, 0.29) is 101 Å². The topological polar surface area (TPSA) is 199 Å². The van der Waals surface area contributed by atoms with Crippen LogP contribution in [0.2, 0.25) is 19.6 Å². The van der Waals surface area contributed by atoms with Crippen LogP contribution in [0.1, 0.15) is 213 Å². The molecule has 4 aliphatic rings. The van der Waals surface area contributed by atoms with E-state index in [4.69, 9.17) is 15.9 Å². The van der Waals surface area contributed by atoms with Crippen molar-refractivity contribution in [2.24, 2.45) is 0 Å². The molecule has 0 fully saturated rings. The normalized spacial score (nSPS) is 18.8. The van der Waals surface area contributed by atoms with Crippen molar-refractivity contribution < 1.29 is 121 Å². The van der Waals surface area contributed by atoms with E-state index in [0.717, 1.165) is 125 Å². The maximum absolute atomic E-state index is 15.5. The Morgan fingerprint density at radius 2 is 0.745 bits per heavy atom. The zero-order valence-corrected chi connectivity index (χ0v) is 83.2. The van der Waals surface area contributed by atoms with E-state index in [9.17, 15) is 58.3 Å². The number of benzene rings is 8. The molecular formula is C107H112F15N5O12SSi. The number of methoxy groups -OCH3 is 3. The van der Waals surface area contributed by atoms with Crippen molar-refractivity contribution in [2.75, 3.05) is 47.5 Å². The Hall–Kier alpha value is -12.3. The van der Waals surface area contributed by atoms with Crippen molar-refractivity contribution in [3.63, 3.8) is 0 Å². The number of hydrogen-bond donors (Lipinski definition) is 1. The molecule has 1 N–H and O–H groups in total. The number of rotatable bonds is 23. The fourth-order valence-electron chi connectivity index (χ4n) is 17.7. The van der Waals surface area contributed by atoms with Crippen LogP contribution in [-0.4, -0.2) is 170 Å². The first kappa shape index (κ1) is 111. The van der Waals surface area contributed by atoms with Crippen LogP contribution in [-0.2, 0) is 69.2 Å². The highest BCUT2D eigenvalue weighted by molar-refractivity contribution is 7.88. The smallest absolute Gasteiger partial charge is 0.478 e. The van der Waals surface area contributed by atoms with Crippen LogP contribution >= 0.6 is 0 Å². The molecule has 34 heteroatoms. The number of aliphatic carboxylic acids is 1. The van der Waals surface area contributed by atoms with Crippen LogP contribution in [0.4, 0.5) is 65.9 Å². The second-order valence-corrected chi connectivity index (χ2v) is 45.0. The lowest BCUT2D eigenvalue weighted by molar-refractivity contribution is -0.135. The van der Waals surface area contributed by atoms with E-state index in [1.54, 1.807) is 54.1 Å². The summed E-state index contributed by atoms with van der Waals surface area (Å²) in [4.78, 5) is 55.9. The second-order valence-electron chi connectivity index (χ2n) is 38.7. The summed E-state index contributed by atoms with van der Waals surface area (Å²) in [5.74, 6) is -3.62. The number of hydrogen-bond acceptors (Lipinski definition) is 16. The predicted molar refractivity (Wildman–Crippen MR) is 513 cm³/mol. The average Bonchev–Trinajstić information content (AvgIpc) is 1.28. The summed E-state index contributed by atoms with van der Waals surface area (Å²) in [5, 5.41) is 8.83. The number of terminal acetylenes is 1. The van der Waals surface area contributed by atoms with Crippen molar-refractivity contribution >= 4 is 66.4 Å². The number of carboxylic acids is 1. The van der Waals surface area contributed by atoms with E-state index >= 15 is 35.1 Å². The molecule has 0 bridgehead atoms. The highest BCUT2D eigenvalue weighted by Gasteiger charge is 2.50. The quantitative estimate of drug-likeness (QED) is 0.00926. The standard InChI is InChI=1S/C29H34F3NO2Si.C27H27F3N2O3.C26H26F3NO2.C25H25F6NO5S/c1-19-14-22-15-20(12-13-36(5,6)7)8-10-23(22)28(33(19)18-29(2,3)32)27-24(30)16-21(17-25(27)31)9-11-26(34)35-4;1-15-9-19-12-18(23-13-31-16(2)35-23)6-7-20(19)26(32(15)14-27(3,4)30)25-21(28)10-17(11-22(25)29)5-8-24(33)34;1-6-17-7-9-20-19(12-17)11-16(2)30(15-26(3,4)29)25(20)24-21(27)13-18(14-22(24)28)8-10-23(31)32-5;1-14-9-16-12-17(37-38(34,35)25(29,30)31)6-7-18(16)23(32(14)13-24(2,3)28)22-19(26)10-15(11-20(22)27)5-8-21(33)36-4/h8-11,15-17,19,28H,14,18H2,1-7H3;5-8,10-13,15,26H,9,14H2,1-4H3,(H,33,34);1,7-10,12-14,16,25H,11,15H2,2-5H3;5-8,10-12,14,23H,9,13H2,1-4H3/b11-9+;8-5+;10-8+;8-5+. The molecule has 5 heterocycles. The largest absolute Gasteiger partial charge is 0.534 e. The van der Waals surface area contributed by atoms with Crippen LogP contribution in [0.3, 0.4) is 0 Å². The third-order valence-electron chi connectivity index (χ3n) is 23.5. The first-order chi connectivity index (χ1) is 65.6. The van der Waals surface area contributed by atoms with Gasteiger partial charge in [-0.05, 0) is 291 Å². The summed E-state index contributed by atoms with van der Waals surface area (Å²) in [6.45, 7) is 26.7. The molecule has 0 aliphatic carbocycles. The molecule has 9 aromatic rings. The monoisotopic (exact) mass is 2000 g/mol. The van der Waals surface area contributed by atoms with Crippen LogP contribution < -0.4 is 4.18 Å². The number of carbonyl (C=O) groups is 4. The zero-order chi connectivity index (χ0) is 105. The highest BCUT2D eigenvalue weighted by atomic mass is 32.2. The Kier molecular flexibility index (Phi) is 35.2. The van der Waals surface area contributed by atoms with Gasteiger partial charge in [0.25, 0.3) is 0 Å². The molecule has 0 saturated heterocycles. The van der Waals surface area contributed by atoms with Gasteiger partial charge in [-0.25, -0.2) is 76.8 Å². The number of halogens is 15. The summed E-state index contributed by atoms with van der Waals surface area (Å²) in [5.41, 5.74) is -1.60. The highest BCUT2D eigenvalue weighted by Crippen LogP contribution is 2.49. The minimum Gasteiger partial charge on any atom is -0.478 e. The van der Waals surface area contributed by atoms with Gasteiger partial charge in [0.15, 0.2) is 11.7 Å². The van der Waals surface area contributed by atoms with Gasteiger partial charge in [-0.3, -0.25) is 19.6 Å². The zero-order valence-electron chi connectivity index (χ0n) is 81.3. The maximum Gasteiger partial charge on any atom is 0.534 e. The fourth-order valence-corrected chi connectivity index (χ4v) is 18.6. The number of aryl methyl sites for hydroxylation is 1. The van der Waals surface area contributed by atoms with E-state index in [0.29, 0.717) is 47.6 Å². The molecule has 17 nitrogen and oxygen atoms in total. The summed E-state index contributed by atoms with van der Waals surface area (Å²) >= 11 is 0. The van der Waals surface area contributed by atoms with E-state index in [1.807, 2.05) is 56.0 Å². The minimum absolute atomic E-state index is 0.00195. The molecule has 0 saturated carbocycles. The lowest BCUT2D eigenvalue weighted by Gasteiger charge is -2.44. The number of ether oxygens (including phenoxy) is 3. The molecule has 8 atom stereocenters. The average molecular weight is 2010 g/mol. The third-order valence-corrected chi connectivity index (χ3v) is 25.4. The van der Waals surface area contributed by atoms with Crippen LogP contribution in [0, 0.1) is 77.3 Å². The Morgan fingerprint density at radius 1 is 0.454 bits per heavy atom. The van der Waals surface area contributed by atoms with Gasteiger partial charge in [-0.2, -0.15) is 21.6 Å². The Bertz CT molecular complexity index is 6430. The number of nitrogens with zero attached hydrogens (tertiary/aromatic N) is 5. The number of alkyl halides is 7. The summed E-state index contributed by atoms with van der Waals surface area (Å²) in [6.07, 6.45) is 17.9. The third kappa shape index (κ3) is 28.8. The fraction of sp³-hybridized carbons (Fsp3) is 0.374. The van der Waals surface area contributed by atoms with Gasteiger partial charge < -0.3 is 27.9 Å². The van der Waals surface area contributed by atoms with E-state index < -0.39 is 158 Å². The molecule has 141 heavy (non-hydrogen) atoms. The van der Waals surface area contributed by atoms with Crippen LogP contribution in [0.15, 0.2) is 156 Å². The minimum atomic E-state index is -5.94. The number of aromatic nitrogens is 1. The van der Waals surface area contributed by atoms with Crippen molar-refractivity contribution in [3.8, 4) is 40.9 Å². The van der Waals surface area contributed by atoms with E-state index in [1.165, 1.54) is 105 Å². The molecule has 8 aromatic carbocycles. The van der Waals surface area contributed by atoms with Gasteiger partial charge in [0.05, 0.1) is 51.7 Å². The van der Waals surface area contributed by atoms with Crippen LogP contribution in [0.5, 0.6) is 5.75 Å². The number of carbonyl (C=O) groups excluding carboxylic acids is 3. The molecule has 752 valence electrons. The van der Waals surface area contributed by atoms with Crippen molar-refractivity contribution in [2.45, 2.75) is 212 Å². The first-order valence-corrected chi connectivity index (χ1v) is 49.9. The number of esters is 3. The second kappa shape index (κ2) is 44.9. The van der Waals surface area contributed by atoms with Crippen molar-refractivity contribution in [3.05, 3.63) is 304 Å². The predicted octanol–water partition coefficient (Wildman–Crippen LogP) is 23.3. The van der Waals surface area contributed by atoms with E-state index in [2.05, 4.69) is 60.4 Å². The van der Waals surface area contributed by atoms with Crippen molar-refractivity contribution in [1.29, 1.82) is 0 Å². The molecule has 8 unspecified atom stereocenters. The van der Waals surface area contributed by atoms with Gasteiger partial charge in [-0.15, -0.1) is 12.0 Å². The lowest BCUT2D eigenvalue weighted by atomic mass is 9.82.